The van der Waals surface area contributed by atoms with Crippen molar-refractivity contribution >= 4 is 5.91 Å². The van der Waals surface area contributed by atoms with E-state index in [0.717, 1.165) is 58.9 Å². The molecule has 0 saturated carbocycles. The number of nitrogens with one attached hydrogen (secondary N) is 1. The number of carbonyl (C=O) groups excluding carboxylic acids is 1. The number of carbonyl (C=O) groups is 1. The fourth-order valence-corrected chi connectivity index (χ4v) is 4.44. The molecule has 2 atom stereocenters. The summed E-state index contributed by atoms with van der Waals surface area (Å²) in [6.07, 6.45) is 3.23. The predicted molar refractivity (Wildman–Crippen MR) is 115 cm³/mol. The van der Waals surface area contributed by atoms with E-state index in [1.165, 1.54) is 18.4 Å². The number of hydrogen-bond donors (Lipinski definition) is 1. The zero-order chi connectivity index (χ0) is 19.8. The van der Waals surface area contributed by atoms with Crippen molar-refractivity contribution in [2.45, 2.75) is 32.7 Å². The second-order valence-corrected chi connectivity index (χ2v) is 8.73. The van der Waals surface area contributed by atoms with Crippen LogP contribution < -0.4 is 5.32 Å². The van der Waals surface area contributed by atoms with Crippen LogP contribution in [-0.4, -0.2) is 80.0 Å². The first-order chi connectivity index (χ1) is 13.6. The molecular formula is C23H38N4O. The molecule has 0 spiro atoms. The van der Waals surface area contributed by atoms with Gasteiger partial charge in [0.25, 0.3) is 0 Å². The first-order valence-electron chi connectivity index (χ1n) is 11.0. The quantitative estimate of drug-likeness (QED) is 0.744. The van der Waals surface area contributed by atoms with Crippen LogP contribution in [0.4, 0.5) is 0 Å². The summed E-state index contributed by atoms with van der Waals surface area (Å²) in [6.45, 7) is 11.4. The Kier molecular flexibility index (Phi) is 8.31. The molecule has 5 heteroatoms. The van der Waals surface area contributed by atoms with Gasteiger partial charge in [-0.25, -0.2) is 0 Å². The average Bonchev–Trinajstić information content (AvgIpc) is 2.74. The molecule has 1 amide bonds. The summed E-state index contributed by atoms with van der Waals surface area (Å²) in [5, 5.41) is 3.48. The lowest BCUT2D eigenvalue weighted by molar-refractivity contribution is -0.134. The van der Waals surface area contributed by atoms with Crippen LogP contribution >= 0.6 is 0 Å². The molecule has 0 bridgehead atoms. The normalized spacial score (nSPS) is 22.4. The molecule has 2 saturated heterocycles. The number of nitrogens with zero attached hydrogens (tertiary/aromatic N) is 3. The van der Waals surface area contributed by atoms with E-state index >= 15 is 0 Å². The van der Waals surface area contributed by atoms with Crippen molar-refractivity contribution in [1.82, 2.24) is 20.0 Å². The fraction of sp³-hybridized carbons (Fsp3) is 0.696. The monoisotopic (exact) mass is 386 g/mol. The highest BCUT2D eigenvalue weighted by Crippen LogP contribution is 2.23. The molecule has 5 nitrogen and oxygen atoms in total. The number of piperidine rings is 1. The Bertz CT molecular complexity index is 580. The van der Waals surface area contributed by atoms with Crippen LogP contribution in [0.15, 0.2) is 30.3 Å². The van der Waals surface area contributed by atoms with Gasteiger partial charge < -0.3 is 15.1 Å². The van der Waals surface area contributed by atoms with Crippen molar-refractivity contribution in [1.29, 1.82) is 0 Å². The molecule has 0 aliphatic carbocycles. The second-order valence-electron chi connectivity index (χ2n) is 8.73. The van der Waals surface area contributed by atoms with Gasteiger partial charge >= 0.3 is 0 Å². The molecule has 2 heterocycles. The van der Waals surface area contributed by atoms with Gasteiger partial charge in [-0.05, 0) is 50.4 Å². The van der Waals surface area contributed by atoms with Crippen LogP contribution in [0, 0.1) is 11.8 Å². The van der Waals surface area contributed by atoms with Crippen molar-refractivity contribution in [2.24, 2.45) is 11.8 Å². The number of piperazine rings is 1. The number of hydrogen-bond acceptors (Lipinski definition) is 4. The topological polar surface area (TPSA) is 38.8 Å². The van der Waals surface area contributed by atoms with Crippen LogP contribution in [0.2, 0.25) is 0 Å². The standard InChI is InChI=1S/C23H38N4O/c1-20(22-9-6-10-24-18-22)17-23(28)27-15-13-26(14-16-27)12-11-25(2)19-21-7-4-3-5-8-21/h3-5,7-8,20,22,24H,6,9-19H2,1-2H3. The maximum atomic E-state index is 12.7. The van der Waals surface area contributed by atoms with E-state index in [-0.39, 0.29) is 0 Å². The molecule has 2 fully saturated rings. The van der Waals surface area contributed by atoms with Crippen molar-refractivity contribution in [3.63, 3.8) is 0 Å². The molecule has 28 heavy (non-hydrogen) atoms. The van der Waals surface area contributed by atoms with Crippen LogP contribution in [0.3, 0.4) is 0 Å². The van der Waals surface area contributed by atoms with E-state index in [4.69, 9.17) is 0 Å². The Morgan fingerprint density at radius 1 is 1.21 bits per heavy atom. The van der Waals surface area contributed by atoms with Crippen molar-refractivity contribution < 1.29 is 4.79 Å². The molecule has 1 aromatic carbocycles. The fourth-order valence-electron chi connectivity index (χ4n) is 4.44. The van der Waals surface area contributed by atoms with Gasteiger partial charge in [-0.15, -0.1) is 0 Å². The van der Waals surface area contributed by atoms with Gasteiger partial charge in [0, 0.05) is 52.2 Å². The van der Waals surface area contributed by atoms with E-state index in [1.54, 1.807) is 0 Å². The minimum atomic E-state index is 0.360. The van der Waals surface area contributed by atoms with Crippen LogP contribution in [-0.2, 0) is 11.3 Å². The third kappa shape index (κ3) is 6.57. The highest BCUT2D eigenvalue weighted by atomic mass is 16.2. The van der Waals surface area contributed by atoms with Gasteiger partial charge in [0.05, 0.1) is 0 Å². The van der Waals surface area contributed by atoms with E-state index in [1.807, 2.05) is 0 Å². The summed E-state index contributed by atoms with van der Waals surface area (Å²) in [7, 11) is 2.19. The van der Waals surface area contributed by atoms with Crippen LogP contribution in [0.5, 0.6) is 0 Å². The number of benzene rings is 1. The van der Waals surface area contributed by atoms with Crippen LogP contribution in [0.25, 0.3) is 0 Å². The lowest BCUT2D eigenvalue weighted by Crippen LogP contribution is -2.50. The van der Waals surface area contributed by atoms with E-state index in [9.17, 15) is 4.79 Å². The highest BCUT2D eigenvalue weighted by Gasteiger charge is 2.26. The van der Waals surface area contributed by atoms with E-state index < -0.39 is 0 Å². The number of amides is 1. The molecule has 1 N–H and O–H groups in total. The molecule has 3 rings (SSSR count). The third-order valence-electron chi connectivity index (χ3n) is 6.45. The summed E-state index contributed by atoms with van der Waals surface area (Å²) in [5.74, 6) is 1.52. The molecule has 2 aliphatic heterocycles. The second kappa shape index (κ2) is 10.9. The Morgan fingerprint density at radius 2 is 1.96 bits per heavy atom. The SMILES string of the molecule is CC(CC(=O)N1CCN(CCN(C)Cc2ccccc2)CC1)C1CCCNC1. The number of rotatable bonds is 8. The van der Waals surface area contributed by atoms with Gasteiger partial charge in [0.15, 0.2) is 0 Å². The molecule has 156 valence electrons. The van der Waals surface area contributed by atoms with Gasteiger partial charge in [0.1, 0.15) is 0 Å². The minimum Gasteiger partial charge on any atom is -0.340 e. The summed E-state index contributed by atoms with van der Waals surface area (Å²) in [4.78, 5) is 19.7. The van der Waals surface area contributed by atoms with Crippen molar-refractivity contribution in [3.8, 4) is 0 Å². The van der Waals surface area contributed by atoms with E-state index in [2.05, 4.69) is 64.3 Å². The van der Waals surface area contributed by atoms with Gasteiger partial charge in [-0.3, -0.25) is 9.69 Å². The zero-order valence-electron chi connectivity index (χ0n) is 17.8. The average molecular weight is 387 g/mol. The minimum absolute atomic E-state index is 0.360. The highest BCUT2D eigenvalue weighted by molar-refractivity contribution is 5.76. The summed E-state index contributed by atoms with van der Waals surface area (Å²) in [5.41, 5.74) is 1.36. The Morgan fingerprint density at radius 3 is 2.64 bits per heavy atom. The molecule has 2 aliphatic rings. The molecule has 0 radical (unpaired) electrons. The largest absolute Gasteiger partial charge is 0.340 e. The lowest BCUT2D eigenvalue weighted by Gasteiger charge is -2.36. The van der Waals surface area contributed by atoms with Gasteiger partial charge in [-0.1, -0.05) is 37.3 Å². The maximum absolute atomic E-state index is 12.7. The molecule has 0 aromatic heterocycles. The predicted octanol–water partition coefficient (Wildman–Crippen LogP) is 2.29. The Balaban J connectivity index is 1.33. The summed E-state index contributed by atoms with van der Waals surface area (Å²) < 4.78 is 0. The molecular weight excluding hydrogens is 348 g/mol. The lowest BCUT2D eigenvalue weighted by atomic mass is 9.85. The van der Waals surface area contributed by atoms with Gasteiger partial charge in [0.2, 0.25) is 5.91 Å². The van der Waals surface area contributed by atoms with E-state index in [0.29, 0.717) is 24.2 Å². The first-order valence-corrected chi connectivity index (χ1v) is 11.0. The zero-order valence-corrected chi connectivity index (χ0v) is 17.8. The van der Waals surface area contributed by atoms with Crippen molar-refractivity contribution in [2.75, 3.05) is 59.4 Å². The summed E-state index contributed by atoms with van der Waals surface area (Å²) in [6, 6.07) is 10.6. The third-order valence-corrected chi connectivity index (χ3v) is 6.45. The Labute approximate surface area is 171 Å². The smallest absolute Gasteiger partial charge is 0.222 e. The number of likely N-dealkylation sites (N-methyl/N-ethyl adjacent to an activating group) is 1. The molecule has 1 aromatic rings. The Hall–Kier alpha value is -1.43. The summed E-state index contributed by atoms with van der Waals surface area (Å²) >= 11 is 0. The van der Waals surface area contributed by atoms with Crippen molar-refractivity contribution in [3.05, 3.63) is 35.9 Å². The van der Waals surface area contributed by atoms with Gasteiger partial charge in [-0.2, -0.15) is 0 Å². The first kappa shape index (κ1) is 21.3. The maximum Gasteiger partial charge on any atom is 0.222 e. The van der Waals surface area contributed by atoms with Crippen LogP contribution in [0.1, 0.15) is 31.7 Å². The molecule has 2 unspecified atom stereocenters.